The zero-order chi connectivity index (χ0) is 18.1. The zero-order valence-electron chi connectivity index (χ0n) is 14.3. The number of anilines is 1. The van der Waals surface area contributed by atoms with Crippen LogP contribution in [-0.2, 0) is 11.3 Å². The molecular formula is C18H18N4O4. The van der Waals surface area contributed by atoms with Gasteiger partial charge in [0.2, 0.25) is 5.71 Å². The lowest BCUT2D eigenvalue weighted by atomic mass is 10.1. The molecule has 1 saturated heterocycles. The van der Waals surface area contributed by atoms with Gasteiger partial charge in [0.15, 0.2) is 0 Å². The summed E-state index contributed by atoms with van der Waals surface area (Å²) in [5.74, 6) is -0.0797. The maximum atomic E-state index is 12.9. The minimum absolute atomic E-state index is 0.00684. The summed E-state index contributed by atoms with van der Waals surface area (Å²) in [7, 11) is 0. The van der Waals surface area contributed by atoms with Crippen LogP contribution in [-0.4, -0.2) is 33.2 Å². The van der Waals surface area contributed by atoms with E-state index in [1.165, 1.54) is 17.1 Å². The van der Waals surface area contributed by atoms with E-state index in [1.54, 1.807) is 25.3 Å². The lowest BCUT2D eigenvalue weighted by molar-refractivity contribution is 0.0960. The molecule has 4 heterocycles. The van der Waals surface area contributed by atoms with Gasteiger partial charge in [-0.3, -0.25) is 19.1 Å². The molecule has 8 nitrogen and oxygen atoms in total. The second kappa shape index (κ2) is 6.72. The minimum Gasteiger partial charge on any atom is -0.442 e. The van der Waals surface area contributed by atoms with E-state index < -0.39 is 5.91 Å². The maximum Gasteiger partial charge on any atom is 0.265 e. The van der Waals surface area contributed by atoms with Crippen LogP contribution >= 0.6 is 0 Å². The average Bonchev–Trinajstić information content (AvgIpc) is 3.25. The van der Waals surface area contributed by atoms with Crippen LogP contribution < -0.4 is 10.9 Å². The van der Waals surface area contributed by atoms with Crippen molar-refractivity contribution in [3.63, 3.8) is 0 Å². The van der Waals surface area contributed by atoms with E-state index in [-0.39, 0.29) is 28.3 Å². The number of hydrogen-bond acceptors (Lipinski definition) is 6. The van der Waals surface area contributed by atoms with Crippen molar-refractivity contribution in [3.8, 4) is 0 Å². The van der Waals surface area contributed by atoms with Crippen molar-refractivity contribution in [2.45, 2.75) is 32.4 Å². The number of hydrogen-bond donors (Lipinski definition) is 1. The number of carbonyl (C=O) groups is 1. The van der Waals surface area contributed by atoms with E-state index in [0.29, 0.717) is 24.6 Å². The Kier molecular flexibility index (Phi) is 4.26. The number of carbonyl (C=O) groups excluding carboxylic acids is 1. The van der Waals surface area contributed by atoms with E-state index in [9.17, 15) is 9.59 Å². The Morgan fingerprint density at radius 3 is 3.08 bits per heavy atom. The average molecular weight is 354 g/mol. The third-order valence-corrected chi connectivity index (χ3v) is 4.43. The predicted molar refractivity (Wildman–Crippen MR) is 94.2 cm³/mol. The number of rotatable bonds is 4. The van der Waals surface area contributed by atoms with E-state index in [0.717, 1.165) is 12.8 Å². The summed E-state index contributed by atoms with van der Waals surface area (Å²) >= 11 is 0. The molecule has 3 aromatic heterocycles. The Hall–Kier alpha value is -3.00. The first-order valence-electron chi connectivity index (χ1n) is 8.45. The van der Waals surface area contributed by atoms with Gasteiger partial charge in [-0.1, -0.05) is 0 Å². The smallest absolute Gasteiger partial charge is 0.265 e. The molecule has 8 heteroatoms. The minimum atomic E-state index is -0.428. The molecule has 0 aliphatic carbocycles. The molecule has 26 heavy (non-hydrogen) atoms. The number of amides is 1. The van der Waals surface area contributed by atoms with Crippen LogP contribution in [0, 0.1) is 6.92 Å². The molecule has 0 aromatic carbocycles. The van der Waals surface area contributed by atoms with Crippen molar-refractivity contribution >= 4 is 22.7 Å². The predicted octanol–water partition coefficient (Wildman–Crippen LogP) is 2.12. The van der Waals surface area contributed by atoms with Crippen LogP contribution in [0.5, 0.6) is 0 Å². The molecule has 1 aliphatic heterocycles. The van der Waals surface area contributed by atoms with Gasteiger partial charge in [0, 0.05) is 12.8 Å². The standard InChI is InChI=1S/C18H18N4O4/c1-11-14(16(23)21-12-4-2-6-19-8-12)15-17(26-11)20-10-22(18(15)24)9-13-5-3-7-25-13/h2,4,6,8,10,13H,3,5,7,9H2,1H3,(H,21,23)/t13-/m1/s1. The Morgan fingerprint density at radius 1 is 1.46 bits per heavy atom. The fourth-order valence-corrected chi connectivity index (χ4v) is 3.18. The SMILES string of the molecule is Cc1oc2ncn(C[C@H]3CCCO3)c(=O)c2c1C(=O)Nc1cccnc1. The maximum absolute atomic E-state index is 12.9. The van der Waals surface area contributed by atoms with Crippen molar-refractivity contribution < 1.29 is 13.9 Å². The highest BCUT2D eigenvalue weighted by atomic mass is 16.5. The lowest BCUT2D eigenvalue weighted by Crippen LogP contribution is -2.27. The van der Waals surface area contributed by atoms with E-state index >= 15 is 0 Å². The Morgan fingerprint density at radius 2 is 2.35 bits per heavy atom. The normalized spacial score (nSPS) is 16.9. The first kappa shape index (κ1) is 16.5. The highest BCUT2D eigenvalue weighted by molar-refractivity contribution is 6.12. The summed E-state index contributed by atoms with van der Waals surface area (Å²) < 4.78 is 12.6. The summed E-state index contributed by atoms with van der Waals surface area (Å²) in [6.07, 6.45) is 6.47. The molecule has 0 bridgehead atoms. The van der Waals surface area contributed by atoms with Crippen molar-refractivity contribution in [1.82, 2.24) is 14.5 Å². The van der Waals surface area contributed by atoms with E-state index in [4.69, 9.17) is 9.15 Å². The van der Waals surface area contributed by atoms with Crippen LogP contribution in [0.25, 0.3) is 11.1 Å². The zero-order valence-corrected chi connectivity index (χ0v) is 14.3. The van der Waals surface area contributed by atoms with Crippen LogP contribution in [0.3, 0.4) is 0 Å². The molecule has 1 aliphatic rings. The largest absolute Gasteiger partial charge is 0.442 e. The second-order valence-electron chi connectivity index (χ2n) is 6.25. The molecule has 1 amide bonds. The van der Waals surface area contributed by atoms with Gasteiger partial charge >= 0.3 is 0 Å². The summed E-state index contributed by atoms with van der Waals surface area (Å²) in [5.41, 5.74) is 0.587. The van der Waals surface area contributed by atoms with Gasteiger partial charge in [-0.25, -0.2) is 4.98 Å². The first-order valence-corrected chi connectivity index (χ1v) is 8.45. The summed E-state index contributed by atoms with van der Waals surface area (Å²) in [6.45, 7) is 2.76. The molecule has 0 spiro atoms. The van der Waals surface area contributed by atoms with Crippen LogP contribution in [0.4, 0.5) is 5.69 Å². The van der Waals surface area contributed by atoms with Gasteiger partial charge in [0.1, 0.15) is 17.5 Å². The van der Waals surface area contributed by atoms with E-state index in [2.05, 4.69) is 15.3 Å². The molecule has 0 saturated carbocycles. The number of nitrogens with zero attached hydrogens (tertiary/aromatic N) is 3. The molecule has 0 unspecified atom stereocenters. The Bertz CT molecular complexity index is 1000. The fourth-order valence-electron chi connectivity index (χ4n) is 3.18. The molecule has 1 atom stereocenters. The topological polar surface area (TPSA) is 99.2 Å². The number of furan rings is 1. The number of ether oxygens (including phenoxy) is 1. The second-order valence-corrected chi connectivity index (χ2v) is 6.25. The van der Waals surface area contributed by atoms with Crippen molar-refractivity contribution in [2.24, 2.45) is 0 Å². The van der Waals surface area contributed by atoms with Crippen LogP contribution in [0.2, 0.25) is 0 Å². The lowest BCUT2D eigenvalue weighted by Gasteiger charge is -2.11. The number of aryl methyl sites for hydroxylation is 1. The Balaban J connectivity index is 1.72. The number of fused-ring (bicyclic) bond motifs is 1. The van der Waals surface area contributed by atoms with E-state index in [1.807, 2.05) is 0 Å². The van der Waals surface area contributed by atoms with Crippen LogP contribution in [0.15, 0.2) is 40.1 Å². The number of aromatic nitrogens is 3. The van der Waals surface area contributed by atoms with Gasteiger partial charge in [0.05, 0.1) is 30.1 Å². The van der Waals surface area contributed by atoms with Gasteiger partial charge in [-0.05, 0) is 31.9 Å². The Labute approximate surface area is 148 Å². The molecule has 134 valence electrons. The molecule has 3 aromatic rings. The summed E-state index contributed by atoms with van der Waals surface area (Å²) in [4.78, 5) is 33.8. The number of pyridine rings is 1. The summed E-state index contributed by atoms with van der Waals surface area (Å²) in [5, 5.41) is 2.92. The molecule has 4 rings (SSSR count). The highest BCUT2D eigenvalue weighted by Gasteiger charge is 2.24. The van der Waals surface area contributed by atoms with Crippen molar-refractivity contribution in [1.29, 1.82) is 0 Å². The monoisotopic (exact) mass is 354 g/mol. The third kappa shape index (κ3) is 2.99. The van der Waals surface area contributed by atoms with Gasteiger partial charge in [-0.2, -0.15) is 0 Å². The van der Waals surface area contributed by atoms with Gasteiger partial charge in [0.25, 0.3) is 11.5 Å². The first-order chi connectivity index (χ1) is 12.6. The van der Waals surface area contributed by atoms with Crippen LogP contribution in [0.1, 0.15) is 29.0 Å². The summed E-state index contributed by atoms with van der Waals surface area (Å²) in [6, 6.07) is 3.43. The molecular weight excluding hydrogens is 336 g/mol. The van der Waals surface area contributed by atoms with Crippen molar-refractivity contribution in [2.75, 3.05) is 11.9 Å². The highest BCUT2D eigenvalue weighted by Crippen LogP contribution is 2.22. The quantitative estimate of drug-likeness (QED) is 0.770. The van der Waals surface area contributed by atoms with Gasteiger partial charge in [-0.15, -0.1) is 0 Å². The molecule has 1 N–H and O–H groups in total. The third-order valence-electron chi connectivity index (χ3n) is 4.43. The number of nitrogens with one attached hydrogen (secondary N) is 1. The van der Waals surface area contributed by atoms with Crippen molar-refractivity contribution in [3.05, 3.63) is 52.5 Å². The molecule has 0 radical (unpaired) electrons. The van der Waals surface area contributed by atoms with Gasteiger partial charge < -0.3 is 14.5 Å². The fraction of sp³-hybridized carbons (Fsp3) is 0.333. The molecule has 1 fully saturated rings.